The van der Waals surface area contributed by atoms with Crippen LogP contribution in [0.1, 0.15) is 11.3 Å². The summed E-state index contributed by atoms with van der Waals surface area (Å²) in [6.45, 7) is 6.39. The average molecular weight is 527 g/mol. The molecule has 0 spiro atoms. The minimum absolute atomic E-state index is 0.0955. The molecule has 0 saturated carbocycles. The number of halogens is 2. The summed E-state index contributed by atoms with van der Waals surface area (Å²) in [6.07, 6.45) is 5.23. The highest BCUT2D eigenvalue weighted by atomic mass is 19.1. The number of hydrogen-bond donors (Lipinski definition) is 3. The maximum Gasteiger partial charge on any atom is 0.224 e. The van der Waals surface area contributed by atoms with E-state index in [-0.39, 0.29) is 18.5 Å². The van der Waals surface area contributed by atoms with Gasteiger partial charge in [-0.2, -0.15) is 15.1 Å². The molecule has 4 N–H and O–H groups in total. The Morgan fingerprint density at radius 2 is 1.71 bits per heavy atom. The van der Waals surface area contributed by atoms with E-state index in [9.17, 15) is 19.0 Å². The molecule has 2 aliphatic heterocycles. The molecule has 1 aromatic carbocycles. The van der Waals surface area contributed by atoms with Crippen molar-refractivity contribution in [1.82, 2.24) is 24.6 Å². The minimum atomic E-state index is -0.630. The molecule has 3 aromatic rings. The van der Waals surface area contributed by atoms with Crippen LogP contribution in [0.2, 0.25) is 0 Å². The van der Waals surface area contributed by atoms with Gasteiger partial charge in [0, 0.05) is 75.1 Å². The second-order valence-electron chi connectivity index (χ2n) is 9.77. The molecular weight excluding hydrogens is 494 g/mol. The van der Waals surface area contributed by atoms with E-state index in [0.29, 0.717) is 43.5 Å². The summed E-state index contributed by atoms with van der Waals surface area (Å²) in [6, 6.07) is 5.40. The molecule has 2 fully saturated rings. The Morgan fingerprint density at radius 3 is 2.39 bits per heavy atom. The third-order valence-electron chi connectivity index (χ3n) is 7.19. The zero-order valence-electron chi connectivity index (χ0n) is 21.2. The molecule has 38 heavy (non-hydrogen) atoms. The lowest BCUT2D eigenvalue weighted by atomic mass is 10.1. The normalized spacial score (nSPS) is 20.7. The van der Waals surface area contributed by atoms with Gasteiger partial charge in [-0.25, -0.2) is 13.5 Å². The van der Waals surface area contributed by atoms with Gasteiger partial charge in [0.2, 0.25) is 5.95 Å². The summed E-state index contributed by atoms with van der Waals surface area (Å²) in [4.78, 5) is 14.8. The van der Waals surface area contributed by atoms with Crippen molar-refractivity contribution in [2.24, 2.45) is 5.92 Å². The average Bonchev–Trinajstić information content (AvgIpc) is 3.45. The number of aliphatic hydroxyl groups is 2. The molecule has 4 heterocycles. The van der Waals surface area contributed by atoms with Gasteiger partial charge < -0.3 is 25.7 Å². The minimum Gasteiger partial charge on any atom is -0.396 e. The van der Waals surface area contributed by atoms with Crippen molar-refractivity contribution in [2.75, 3.05) is 68.0 Å². The number of benzene rings is 1. The number of nitrogens with zero attached hydrogens (tertiary/aromatic N) is 7. The topological polar surface area (TPSA) is 120 Å². The van der Waals surface area contributed by atoms with Gasteiger partial charge in [-0.1, -0.05) is 12.2 Å². The van der Waals surface area contributed by atoms with Crippen molar-refractivity contribution in [1.29, 1.82) is 0 Å². The molecule has 0 bridgehead atoms. The maximum atomic E-state index is 13.6. The van der Waals surface area contributed by atoms with E-state index in [1.807, 2.05) is 22.8 Å². The zero-order chi connectivity index (χ0) is 26.8. The largest absolute Gasteiger partial charge is 0.396 e. The Balaban J connectivity index is 1.21. The van der Waals surface area contributed by atoms with E-state index >= 15 is 0 Å². The Labute approximate surface area is 219 Å². The molecule has 0 aliphatic carbocycles. The first kappa shape index (κ1) is 26.0. The molecular formula is C26H32F2N8O2. The van der Waals surface area contributed by atoms with Crippen LogP contribution in [-0.4, -0.2) is 93.4 Å². The predicted molar refractivity (Wildman–Crippen MR) is 141 cm³/mol. The van der Waals surface area contributed by atoms with Crippen molar-refractivity contribution in [2.45, 2.75) is 13.0 Å². The van der Waals surface area contributed by atoms with Crippen LogP contribution in [0.4, 0.5) is 26.2 Å². The lowest BCUT2D eigenvalue weighted by molar-refractivity contribution is 0.104. The molecule has 202 valence electrons. The summed E-state index contributed by atoms with van der Waals surface area (Å²) >= 11 is 0. The van der Waals surface area contributed by atoms with Crippen LogP contribution in [-0.2, 0) is 0 Å². The van der Waals surface area contributed by atoms with E-state index in [1.54, 1.807) is 16.9 Å². The zero-order valence-corrected chi connectivity index (χ0v) is 21.2. The van der Waals surface area contributed by atoms with E-state index < -0.39 is 17.7 Å². The van der Waals surface area contributed by atoms with Crippen LogP contribution in [0.25, 0.3) is 11.9 Å². The van der Waals surface area contributed by atoms with Crippen LogP contribution in [0.5, 0.6) is 0 Å². The SMILES string of the molecule is Cc1c(/C=C/CN2CCN(c3cc(F)cc(F)c3)CC2)cnn1-c1cc(N2C[C@@H](CO)[C@H](O)C2)nc(N)n1. The first-order valence-corrected chi connectivity index (χ1v) is 12.6. The van der Waals surface area contributed by atoms with Crippen molar-refractivity contribution < 1.29 is 19.0 Å². The summed E-state index contributed by atoms with van der Waals surface area (Å²) < 4.78 is 28.8. The first-order chi connectivity index (χ1) is 18.3. The molecule has 5 rings (SSSR count). The second kappa shape index (κ2) is 11.0. The number of hydrogen-bond acceptors (Lipinski definition) is 9. The first-order valence-electron chi connectivity index (χ1n) is 12.6. The Morgan fingerprint density at radius 1 is 1.00 bits per heavy atom. The van der Waals surface area contributed by atoms with Crippen LogP contribution in [0.15, 0.2) is 36.5 Å². The number of aliphatic hydroxyl groups excluding tert-OH is 2. The molecule has 2 aromatic heterocycles. The lowest BCUT2D eigenvalue weighted by Gasteiger charge is -2.35. The fourth-order valence-electron chi connectivity index (χ4n) is 4.99. The lowest BCUT2D eigenvalue weighted by Crippen LogP contribution is -2.46. The highest BCUT2D eigenvalue weighted by molar-refractivity contribution is 5.54. The van der Waals surface area contributed by atoms with Crippen LogP contribution < -0.4 is 15.5 Å². The summed E-state index contributed by atoms with van der Waals surface area (Å²) in [5, 5.41) is 24.1. The number of nitrogens with two attached hydrogens (primary N) is 1. The summed E-state index contributed by atoms with van der Waals surface area (Å²) in [5.41, 5.74) is 8.38. The fraction of sp³-hybridized carbons (Fsp3) is 0.423. The number of rotatable bonds is 7. The third-order valence-corrected chi connectivity index (χ3v) is 7.19. The van der Waals surface area contributed by atoms with Gasteiger partial charge in [0.15, 0.2) is 5.82 Å². The van der Waals surface area contributed by atoms with Crippen LogP contribution >= 0.6 is 0 Å². The van der Waals surface area contributed by atoms with Crippen LogP contribution in [0.3, 0.4) is 0 Å². The van der Waals surface area contributed by atoms with Crippen LogP contribution in [0, 0.1) is 24.5 Å². The Bertz CT molecular complexity index is 1290. The molecule has 0 unspecified atom stereocenters. The van der Waals surface area contributed by atoms with E-state index in [1.165, 1.54) is 12.1 Å². The smallest absolute Gasteiger partial charge is 0.224 e. The summed E-state index contributed by atoms with van der Waals surface area (Å²) in [5.74, 6) is -0.150. The quantitative estimate of drug-likeness (QED) is 0.420. The standard InChI is InChI=1S/C26H32F2N8O2/c1-17-18(3-2-4-33-5-7-34(8-6-33)22-10-20(27)9-21(28)11-22)13-30-36(17)25-12-24(31-26(29)32-25)35-14-19(16-37)23(38)15-35/h2-3,9-13,19,23,37-38H,4-8,14-16H2,1H3,(H2,29,31,32)/b3-2+/t19-,23+/m0/s1. The Hall–Kier alpha value is -3.61. The summed E-state index contributed by atoms with van der Waals surface area (Å²) in [7, 11) is 0. The Kier molecular flexibility index (Phi) is 7.54. The molecule has 0 amide bonds. The monoisotopic (exact) mass is 526 g/mol. The fourth-order valence-corrected chi connectivity index (χ4v) is 4.99. The third kappa shape index (κ3) is 5.62. The van der Waals surface area contributed by atoms with E-state index in [4.69, 9.17) is 5.73 Å². The molecule has 2 atom stereocenters. The van der Waals surface area contributed by atoms with Crippen molar-refractivity contribution >= 4 is 23.5 Å². The number of β-amino-alcohol motifs (C(OH)–C–C–N with tert-alkyl or cyclic N) is 1. The molecule has 12 heteroatoms. The van der Waals surface area contributed by atoms with Gasteiger partial charge in [-0.05, 0) is 19.1 Å². The maximum absolute atomic E-state index is 13.6. The second-order valence-corrected chi connectivity index (χ2v) is 9.77. The number of nitrogen functional groups attached to an aromatic ring is 1. The van der Waals surface area contributed by atoms with Gasteiger partial charge in [-0.15, -0.1) is 0 Å². The number of aromatic nitrogens is 4. The van der Waals surface area contributed by atoms with E-state index in [0.717, 1.165) is 37.0 Å². The molecule has 2 aliphatic rings. The highest BCUT2D eigenvalue weighted by Crippen LogP contribution is 2.25. The van der Waals surface area contributed by atoms with Gasteiger partial charge in [0.05, 0.1) is 24.6 Å². The molecule has 0 radical (unpaired) electrons. The van der Waals surface area contributed by atoms with Gasteiger partial charge in [0.1, 0.15) is 17.5 Å². The molecule has 2 saturated heterocycles. The number of piperazine rings is 1. The molecule has 10 nitrogen and oxygen atoms in total. The van der Waals surface area contributed by atoms with Gasteiger partial charge in [0.25, 0.3) is 0 Å². The van der Waals surface area contributed by atoms with Gasteiger partial charge >= 0.3 is 0 Å². The highest BCUT2D eigenvalue weighted by Gasteiger charge is 2.32. The van der Waals surface area contributed by atoms with Crippen molar-refractivity contribution in [3.63, 3.8) is 0 Å². The number of anilines is 3. The van der Waals surface area contributed by atoms with Crippen molar-refractivity contribution in [3.05, 3.63) is 59.4 Å². The van der Waals surface area contributed by atoms with Crippen molar-refractivity contribution in [3.8, 4) is 5.82 Å². The van der Waals surface area contributed by atoms with E-state index in [2.05, 4.69) is 26.0 Å². The predicted octanol–water partition coefficient (Wildman–Crippen LogP) is 1.46. The van der Waals surface area contributed by atoms with Gasteiger partial charge in [-0.3, -0.25) is 4.90 Å².